The molecule has 1 unspecified atom stereocenters. The Balaban J connectivity index is 1.90. The maximum atomic E-state index is 4.21. The molecule has 2 rings (SSSR count). The molecule has 1 atom stereocenters. The molecule has 2 nitrogen and oxygen atoms in total. The molecule has 1 aliphatic heterocycles. The summed E-state index contributed by atoms with van der Waals surface area (Å²) in [6.07, 6.45) is 2.58. The van der Waals surface area contributed by atoms with Gasteiger partial charge in [-0.2, -0.15) is 0 Å². The van der Waals surface area contributed by atoms with Crippen LogP contribution in [0.3, 0.4) is 0 Å². The second-order valence-corrected chi connectivity index (χ2v) is 4.83. The molecule has 1 aromatic rings. The lowest BCUT2D eigenvalue weighted by Gasteiger charge is -2.33. The monoisotopic (exact) mass is 230 g/mol. The quantitative estimate of drug-likeness (QED) is 0.854. The van der Waals surface area contributed by atoms with E-state index in [0.717, 1.165) is 13.1 Å². The fourth-order valence-corrected chi connectivity index (χ4v) is 2.47. The molecule has 1 aromatic carbocycles. The smallest absolute Gasteiger partial charge is 0.0234 e. The number of benzene rings is 1. The van der Waals surface area contributed by atoms with Gasteiger partial charge in [-0.15, -0.1) is 0 Å². The number of piperidine rings is 1. The van der Waals surface area contributed by atoms with Crippen LogP contribution in [0.1, 0.15) is 18.4 Å². The van der Waals surface area contributed by atoms with E-state index in [2.05, 4.69) is 54.2 Å². The summed E-state index contributed by atoms with van der Waals surface area (Å²) in [6.45, 7) is 7.54. The number of rotatable bonds is 4. The summed E-state index contributed by atoms with van der Waals surface area (Å²) >= 11 is 0. The Morgan fingerprint density at radius 2 is 2.18 bits per heavy atom. The van der Waals surface area contributed by atoms with Gasteiger partial charge in [0.1, 0.15) is 0 Å². The van der Waals surface area contributed by atoms with Crippen LogP contribution < -0.4 is 5.32 Å². The van der Waals surface area contributed by atoms with E-state index in [1.54, 1.807) is 0 Å². The van der Waals surface area contributed by atoms with E-state index in [4.69, 9.17) is 0 Å². The van der Waals surface area contributed by atoms with Crippen molar-refractivity contribution in [2.75, 3.05) is 26.7 Å². The minimum Gasteiger partial charge on any atom is -0.316 e. The van der Waals surface area contributed by atoms with Crippen LogP contribution in [0.2, 0.25) is 0 Å². The van der Waals surface area contributed by atoms with Crippen molar-refractivity contribution in [2.45, 2.75) is 18.9 Å². The van der Waals surface area contributed by atoms with Gasteiger partial charge >= 0.3 is 0 Å². The van der Waals surface area contributed by atoms with Gasteiger partial charge in [0.2, 0.25) is 0 Å². The van der Waals surface area contributed by atoms with Gasteiger partial charge in [0, 0.05) is 19.1 Å². The van der Waals surface area contributed by atoms with E-state index >= 15 is 0 Å². The molecule has 1 aliphatic rings. The normalized spacial score (nSPS) is 21.4. The minimum absolute atomic E-state index is 0.646. The van der Waals surface area contributed by atoms with Gasteiger partial charge in [0.25, 0.3) is 0 Å². The highest BCUT2D eigenvalue weighted by Crippen LogP contribution is 2.16. The van der Waals surface area contributed by atoms with Crippen molar-refractivity contribution in [3.63, 3.8) is 0 Å². The van der Waals surface area contributed by atoms with Crippen LogP contribution in [-0.2, 0) is 0 Å². The Hall–Kier alpha value is -1.12. The van der Waals surface area contributed by atoms with Gasteiger partial charge in [0.15, 0.2) is 0 Å². The van der Waals surface area contributed by atoms with Gasteiger partial charge in [-0.25, -0.2) is 0 Å². The molecular weight excluding hydrogens is 208 g/mol. The van der Waals surface area contributed by atoms with Gasteiger partial charge in [-0.05, 0) is 37.6 Å². The third-order valence-electron chi connectivity index (χ3n) is 3.51. The van der Waals surface area contributed by atoms with E-state index in [1.165, 1.54) is 30.5 Å². The summed E-state index contributed by atoms with van der Waals surface area (Å²) in [5.74, 6) is 0. The van der Waals surface area contributed by atoms with Crippen molar-refractivity contribution in [3.05, 3.63) is 42.5 Å². The predicted octanol–water partition coefficient (Wildman–Crippen LogP) is 2.38. The number of hydrogen-bond donors (Lipinski definition) is 1. The minimum atomic E-state index is 0.646. The van der Waals surface area contributed by atoms with Crippen LogP contribution >= 0.6 is 0 Å². The lowest BCUT2D eigenvalue weighted by Crippen LogP contribution is -2.44. The summed E-state index contributed by atoms with van der Waals surface area (Å²) in [5, 5.41) is 3.38. The van der Waals surface area contributed by atoms with Gasteiger partial charge < -0.3 is 5.32 Å². The standard InChI is InChI=1S/C15H22N2/c1-13(14-7-4-3-5-8-14)11-17-10-6-9-15(12-17)16-2/h3-5,7-8,15-16H,1,6,9-12H2,2H3. The van der Waals surface area contributed by atoms with Crippen molar-refractivity contribution >= 4 is 5.57 Å². The Bertz CT molecular complexity index is 358. The van der Waals surface area contributed by atoms with Gasteiger partial charge in [-0.3, -0.25) is 4.90 Å². The number of nitrogens with one attached hydrogen (secondary N) is 1. The van der Waals surface area contributed by atoms with Crippen molar-refractivity contribution in [1.29, 1.82) is 0 Å². The van der Waals surface area contributed by atoms with Crippen molar-refractivity contribution in [2.24, 2.45) is 0 Å². The fraction of sp³-hybridized carbons (Fsp3) is 0.467. The molecule has 0 bridgehead atoms. The first-order valence-corrected chi connectivity index (χ1v) is 6.42. The van der Waals surface area contributed by atoms with Gasteiger partial charge in [-0.1, -0.05) is 36.9 Å². The summed E-state index contributed by atoms with van der Waals surface area (Å²) < 4.78 is 0. The second kappa shape index (κ2) is 5.99. The van der Waals surface area contributed by atoms with Crippen LogP contribution in [-0.4, -0.2) is 37.6 Å². The Kier molecular flexibility index (Phi) is 4.35. The third kappa shape index (κ3) is 3.42. The first-order valence-electron chi connectivity index (χ1n) is 6.42. The van der Waals surface area contributed by atoms with Crippen molar-refractivity contribution in [3.8, 4) is 0 Å². The number of likely N-dealkylation sites (tertiary alicyclic amines) is 1. The van der Waals surface area contributed by atoms with Crippen LogP contribution in [0, 0.1) is 0 Å². The van der Waals surface area contributed by atoms with E-state index in [0.29, 0.717) is 6.04 Å². The van der Waals surface area contributed by atoms with Crippen molar-refractivity contribution < 1.29 is 0 Å². The molecule has 0 aliphatic carbocycles. The fourth-order valence-electron chi connectivity index (χ4n) is 2.47. The highest BCUT2D eigenvalue weighted by molar-refractivity contribution is 5.64. The molecule has 0 spiro atoms. The Morgan fingerprint density at radius 3 is 2.88 bits per heavy atom. The molecule has 0 radical (unpaired) electrons. The third-order valence-corrected chi connectivity index (χ3v) is 3.51. The van der Waals surface area contributed by atoms with Crippen LogP contribution in [0.25, 0.3) is 5.57 Å². The maximum absolute atomic E-state index is 4.21. The zero-order chi connectivity index (χ0) is 12.1. The molecule has 0 amide bonds. The topological polar surface area (TPSA) is 15.3 Å². The zero-order valence-electron chi connectivity index (χ0n) is 10.7. The first kappa shape index (κ1) is 12.3. The van der Waals surface area contributed by atoms with Crippen LogP contribution in [0.5, 0.6) is 0 Å². The molecular formula is C15H22N2. The Morgan fingerprint density at radius 1 is 1.41 bits per heavy atom. The molecule has 1 N–H and O–H groups in total. The molecule has 1 heterocycles. The van der Waals surface area contributed by atoms with E-state index in [1.807, 2.05) is 0 Å². The highest BCUT2D eigenvalue weighted by atomic mass is 15.2. The average Bonchev–Trinajstić information content (AvgIpc) is 2.40. The van der Waals surface area contributed by atoms with Gasteiger partial charge in [0.05, 0.1) is 0 Å². The summed E-state index contributed by atoms with van der Waals surface area (Å²) in [5.41, 5.74) is 2.49. The zero-order valence-corrected chi connectivity index (χ0v) is 10.7. The van der Waals surface area contributed by atoms with E-state index < -0.39 is 0 Å². The summed E-state index contributed by atoms with van der Waals surface area (Å²) in [7, 11) is 2.06. The maximum Gasteiger partial charge on any atom is 0.0234 e. The molecule has 0 saturated carbocycles. The largest absolute Gasteiger partial charge is 0.316 e. The Labute approximate surface area is 104 Å². The van der Waals surface area contributed by atoms with Crippen molar-refractivity contribution in [1.82, 2.24) is 10.2 Å². The highest BCUT2D eigenvalue weighted by Gasteiger charge is 2.18. The number of hydrogen-bond acceptors (Lipinski definition) is 2. The average molecular weight is 230 g/mol. The van der Waals surface area contributed by atoms with Crippen LogP contribution in [0.15, 0.2) is 36.9 Å². The SMILES string of the molecule is C=C(CN1CCCC(NC)C1)c1ccccc1. The number of likely N-dealkylation sites (N-methyl/N-ethyl adjacent to an activating group) is 1. The van der Waals surface area contributed by atoms with Crippen LogP contribution in [0.4, 0.5) is 0 Å². The number of nitrogens with zero attached hydrogens (tertiary/aromatic N) is 1. The lowest BCUT2D eigenvalue weighted by molar-refractivity contribution is 0.216. The summed E-state index contributed by atoms with van der Waals surface area (Å²) in [6, 6.07) is 11.1. The lowest BCUT2D eigenvalue weighted by atomic mass is 10.0. The second-order valence-electron chi connectivity index (χ2n) is 4.83. The first-order chi connectivity index (χ1) is 8.29. The van der Waals surface area contributed by atoms with E-state index in [9.17, 15) is 0 Å². The molecule has 1 fully saturated rings. The molecule has 92 valence electrons. The predicted molar refractivity (Wildman–Crippen MR) is 74.0 cm³/mol. The summed E-state index contributed by atoms with van der Waals surface area (Å²) in [4.78, 5) is 2.50. The van der Waals surface area contributed by atoms with E-state index in [-0.39, 0.29) is 0 Å². The molecule has 2 heteroatoms. The molecule has 17 heavy (non-hydrogen) atoms. The molecule has 1 saturated heterocycles. The molecule has 0 aromatic heterocycles.